The maximum Gasteiger partial charge on any atom is 0.321 e. The van der Waals surface area contributed by atoms with Gasteiger partial charge in [-0.2, -0.15) is 4.68 Å². The summed E-state index contributed by atoms with van der Waals surface area (Å²) < 4.78 is 1.51. The van der Waals surface area contributed by atoms with Gasteiger partial charge in [0.25, 0.3) is 0 Å². The fourth-order valence-electron chi connectivity index (χ4n) is 3.30. The Hall–Kier alpha value is -2.13. The Morgan fingerprint density at radius 2 is 2.00 bits per heavy atom. The zero-order valence-electron chi connectivity index (χ0n) is 15.8. The number of rotatable bonds is 5. The van der Waals surface area contributed by atoms with E-state index in [9.17, 15) is 9.59 Å². The number of imide groups is 1. The van der Waals surface area contributed by atoms with Gasteiger partial charge in [-0.05, 0) is 52.9 Å². The Bertz CT molecular complexity index is 828. The van der Waals surface area contributed by atoms with Crippen molar-refractivity contribution >= 4 is 35.3 Å². The number of nitrogens with zero attached hydrogens (tertiary/aromatic N) is 4. The predicted octanol–water partition coefficient (Wildman–Crippen LogP) is 3.06. The van der Waals surface area contributed by atoms with Crippen LogP contribution in [0.5, 0.6) is 0 Å². The van der Waals surface area contributed by atoms with Crippen molar-refractivity contribution in [2.75, 3.05) is 5.75 Å². The summed E-state index contributed by atoms with van der Waals surface area (Å²) in [4.78, 5) is 24.3. The molecule has 3 amide bonds. The summed E-state index contributed by atoms with van der Waals surface area (Å²) in [5.41, 5.74) is 0.732. The Kier molecular flexibility index (Phi) is 6.90. The highest BCUT2D eigenvalue weighted by Gasteiger charge is 2.28. The summed E-state index contributed by atoms with van der Waals surface area (Å²) >= 11 is 7.05. The molecule has 1 heterocycles. The molecule has 1 saturated carbocycles. The third-order valence-electron chi connectivity index (χ3n) is 5.12. The molecule has 0 spiro atoms. The smallest absolute Gasteiger partial charge is 0.321 e. The largest absolute Gasteiger partial charge is 0.335 e. The summed E-state index contributed by atoms with van der Waals surface area (Å²) in [6, 6.07) is 6.68. The molecule has 0 radical (unpaired) electrons. The summed E-state index contributed by atoms with van der Waals surface area (Å²) in [6.45, 7) is 4.34. The standard InChI is InChI=1S/C18H23ClN6O2S/c1-11-4-3-5-15(12(11)2)20-17(27)21-16(26)10-28-18-22-23-24-25(18)14-8-6-13(19)7-9-14/h6-9,11-12,15H,3-5,10H2,1-2H3,(H2,20,21,26,27)/t11-,12+,15+/m1/s1. The van der Waals surface area contributed by atoms with Crippen molar-refractivity contribution in [3.05, 3.63) is 29.3 Å². The first-order valence-corrected chi connectivity index (χ1v) is 10.6. The number of carbonyl (C=O) groups is 2. The van der Waals surface area contributed by atoms with Gasteiger partial charge in [0.1, 0.15) is 0 Å². The molecule has 1 fully saturated rings. The van der Waals surface area contributed by atoms with Gasteiger partial charge in [0, 0.05) is 11.1 Å². The minimum atomic E-state index is -0.450. The average molecular weight is 423 g/mol. The molecule has 2 N–H and O–H groups in total. The Morgan fingerprint density at radius 3 is 2.75 bits per heavy atom. The molecule has 0 bridgehead atoms. The van der Waals surface area contributed by atoms with E-state index in [4.69, 9.17) is 11.6 Å². The van der Waals surface area contributed by atoms with Gasteiger partial charge in [-0.3, -0.25) is 10.1 Å². The van der Waals surface area contributed by atoms with Crippen LogP contribution in [-0.4, -0.2) is 43.9 Å². The van der Waals surface area contributed by atoms with Crippen LogP contribution in [0.25, 0.3) is 5.69 Å². The lowest BCUT2D eigenvalue weighted by molar-refractivity contribution is -0.117. The van der Waals surface area contributed by atoms with Crippen molar-refractivity contribution in [2.24, 2.45) is 11.8 Å². The van der Waals surface area contributed by atoms with E-state index in [2.05, 4.69) is 40.0 Å². The zero-order chi connectivity index (χ0) is 20.1. The average Bonchev–Trinajstić information content (AvgIpc) is 3.13. The Labute approximate surface area is 172 Å². The van der Waals surface area contributed by atoms with Crippen molar-refractivity contribution in [3.8, 4) is 5.69 Å². The normalized spacial score (nSPS) is 21.9. The fourth-order valence-corrected chi connectivity index (χ4v) is 4.11. The number of urea groups is 1. The van der Waals surface area contributed by atoms with Crippen LogP contribution in [-0.2, 0) is 4.79 Å². The molecule has 1 aromatic carbocycles. The molecule has 3 rings (SSSR count). The molecule has 150 valence electrons. The van der Waals surface area contributed by atoms with Crippen LogP contribution in [0.3, 0.4) is 0 Å². The van der Waals surface area contributed by atoms with Gasteiger partial charge in [0.05, 0.1) is 11.4 Å². The topological polar surface area (TPSA) is 102 Å². The first-order chi connectivity index (χ1) is 13.4. The number of halogens is 1. The third-order valence-corrected chi connectivity index (χ3v) is 6.29. The zero-order valence-corrected chi connectivity index (χ0v) is 17.3. The van der Waals surface area contributed by atoms with E-state index >= 15 is 0 Å². The number of amides is 3. The predicted molar refractivity (Wildman–Crippen MR) is 108 cm³/mol. The second-order valence-corrected chi connectivity index (χ2v) is 8.41. The fraction of sp³-hybridized carbons (Fsp3) is 0.500. The second kappa shape index (κ2) is 9.38. The Morgan fingerprint density at radius 1 is 1.25 bits per heavy atom. The summed E-state index contributed by atoms with van der Waals surface area (Å²) in [5.74, 6) is 0.590. The molecule has 3 atom stereocenters. The van der Waals surface area contributed by atoms with E-state index in [1.807, 2.05) is 0 Å². The van der Waals surface area contributed by atoms with Crippen molar-refractivity contribution in [2.45, 2.75) is 44.3 Å². The SMILES string of the molecule is C[C@H]1[C@H](C)CCC[C@@H]1NC(=O)NC(=O)CSc1nnnn1-c1ccc(Cl)cc1. The van der Waals surface area contributed by atoms with Gasteiger partial charge < -0.3 is 5.32 Å². The Balaban J connectivity index is 1.50. The van der Waals surface area contributed by atoms with Crippen molar-refractivity contribution in [3.63, 3.8) is 0 Å². The van der Waals surface area contributed by atoms with Gasteiger partial charge in [0.15, 0.2) is 0 Å². The van der Waals surface area contributed by atoms with Crippen LogP contribution in [0.1, 0.15) is 33.1 Å². The van der Waals surface area contributed by atoms with Crippen LogP contribution in [0, 0.1) is 11.8 Å². The number of tetrazole rings is 1. The molecular formula is C18H23ClN6O2S. The molecule has 1 aliphatic carbocycles. The molecule has 10 heteroatoms. The summed E-state index contributed by atoms with van der Waals surface area (Å²) in [6.07, 6.45) is 3.21. The molecule has 1 aliphatic rings. The number of aromatic nitrogens is 4. The number of nitrogens with one attached hydrogen (secondary N) is 2. The summed E-state index contributed by atoms with van der Waals surface area (Å²) in [5, 5.41) is 17.9. The number of hydrogen-bond donors (Lipinski definition) is 2. The van der Waals surface area contributed by atoms with Gasteiger partial charge in [-0.25, -0.2) is 4.79 Å². The van der Waals surface area contributed by atoms with E-state index in [0.717, 1.165) is 30.3 Å². The van der Waals surface area contributed by atoms with Gasteiger partial charge >= 0.3 is 6.03 Å². The van der Waals surface area contributed by atoms with Crippen LogP contribution < -0.4 is 10.6 Å². The molecule has 0 unspecified atom stereocenters. The van der Waals surface area contributed by atoms with E-state index in [-0.39, 0.29) is 11.8 Å². The van der Waals surface area contributed by atoms with Gasteiger partial charge in [-0.1, -0.05) is 50.1 Å². The van der Waals surface area contributed by atoms with Crippen molar-refractivity contribution in [1.82, 2.24) is 30.8 Å². The molecule has 0 aliphatic heterocycles. The number of thioether (sulfide) groups is 1. The lowest BCUT2D eigenvalue weighted by Gasteiger charge is -2.34. The maximum atomic E-state index is 12.1. The van der Waals surface area contributed by atoms with Crippen LogP contribution in [0.2, 0.25) is 5.02 Å². The van der Waals surface area contributed by atoms with Crippen LogP contribution >= 0.6 is 23.4 Å². The van der Waals surface area contributed by atoms with Gasteiger partial charge in [-0.15, -0.1) is 5.10 Å². The first kappa shape index (κ1) is 20.6. The van der Waals surface area contributed by atoms with E-state index < -0.39 is 11.9 Å². The summed E-state index contributed by atoms with van der Waals surface area (Å²) in [7, 11) is 0. The highest BCUT2D eigenvalue weighted by Crippen LogP contribution is 2.29. The van der Waals surface area contributed by atoms with E-state index in [0.29, 0.717) is 22.0 Å². The second-order valence-electron chi connectivity index (χ2n) is 7.03. The maximum absolute atomic E-state index is 12.1. The lowest BCUT2D eigenvalue weighted by atomic mass is 9.78. The highest BCUT2D eigenvalue weighted by molar-refractivity contribution is 7.99. The monoisotopic (exact) mass is 422 g/mol. The molecular weight excluding hydrogens is 400 g/mol. The minimum absolute atomic E-state index is 0.0258. The van der Waals surface area contributed by atoms with Gasteiger partial charge in [0.2, 0.25) is 11.1 Å². The van der Waals surface area contributed by atoms with E-state index in [1.165, 1.54) is 11.1 Å². The minimum Gasteiger partial charge on any atom is -0.335 e. The van der Waals surface area contributed by atoms with Crippen LogP contribution in [0.4, 0.5) is 4.79 Å². The van der Waals surface area contributed by atoms with Crippen molar-refractivity contribution < 1.29 is 9.59 Å². The molecule has 28 heavy (non-hydrogen) atoms. The molecule has 0 saturated heterocycles. The van der Waals surface area contributed by atoms with Crippen LogP contribution in [0.15, 0.2) is 29.4 Å². The number of hydrogen-bond acceptors (Lipinski definition) is 6. The highest BCUT2D eigenvalue weighted by atomic mass is 35.5. The molecule has 8 nitrogen and oxygen atoms in total. The van der Waals surface area contributed by atoms with Crippen molar-refractivity contribution in [1.29, 1.82) is 0 Å². The third kappa shape index (κ3) is 5.23. The quantitative estimate of drug-likeness (QED) is 0.718. The first-order valence-electron chi connectivity index (χ1n) is 9.21. The number of benzene rings is 1. The number of carbonyl (C=O) groups excluding carboxylic acids is 2. The van der Waals surface area contributed by atoms with E-state index in [1.54, 1.807) is 24.3 Å². The lowest BCUT2D eigenvalue weighted by Crippen LogP contribution is -2.49. The molecule has 1 aromatic heterocycles. The molecule has 2 aromatic rings.